The van der Waals surface area contributed by atoms with Crippen LogP contribution < -0.4 is 15.9 Å². The first kappa shape index (κ1) is 29.1. The molecule has 0 saturated heterocycles. The number of H-pyrrole nitrogens is 1. The molecule has 1 amide bonds. The highest BCUT2D eigenvalue weighted by Crippen LogP contribution is 2.27. The summed E-state index contributed by atoms with van der Waals surface area (Å²) < 4.78 is 0.765. The van der Waals surface area contributed by atoms with Crippen molar-refractivity contribution in [2.45, 2.75) is 45.6 Å². The summed E-state index contributed by atoms with van der Waals surface area (Å²) in [4.78, 5) is 29.1. The van der Waals surface area contributed by atoms with Gasteiger partial charge in [-0.2, -0.15) is 0 Å². The molecule has 8 nitrogen and oxygen atoms in total. The summed E-state index contributed by atoms with van der Waals surface area (Å²) in [6, 6.07) is 10.8. The van der Waals surface area contributed by atoms with Crippen molar-refractivity contribution in [1.82, 2.24) is 15.2 Å². The van der Waals surface area contributed by atoms with Crippen LogP contribution in [-0.4, -0.2) is 64.8 Å². The highest BCUT2D eigenvalue weighted by molar-refractivity contribution is 7.16. The number of rotatable bonds is 14. The van der Waals surface area contributed by atoms with Crippen molar-refractivity contribution in [1.29, 1.82) is 0 Å². The Labute approximate surface area is 226 Å². The van der Waals surface area contributed by atoms with Gasteiger partial charge in [0.2, 0.25) is 5.91 Å². The van der Waals surface area contributed by atoms with Crippen molar-refractivity contribution in [2.24, 2.45) is 11.1 Å². The number of carbonyl (C=O) groups excluding carboxylic acids is 1. The lowest BCUT2D eigenvalue weighted by Gasteiger charge is -2.32. The van der Waals surface area contributed by atoms with Gasteiger partial charge < -0.3 is 31.1 Å². The molecule has 6 N–H and O–H groups in total. The van der Waals surface area contributed by atoms with Crippen LogP contribution >= 0.6 is 22.9 Å². The Kier molecular flexibility index (Phi) is 10.5. The number of aliphatic hydroxyl groups is 1. The van der Waals surface area contributed by atoms with Crippen molar-refractivity contribution >= 4 is 39.1 Å². The lowest BCUT2D eigenvalue weighted by atomic mass is 9.93. The fourth-order valence-electron chi connectivity index (χ4n) is 4.15. The van der Waals surface area contributed by atoms with Gasteiger partial charge in [-0.3, -0.25) is 9.59 Å². The van der Waals surface area contributed by atoms with Gasteiger partial charge in [-0.05, 0) is 55.1 Å². The van der Waals surface area contributed by atoms with Crippen molar-refractivity contribution in [3.63, 3.8) is 0 Å². The Morgan fingerprint density at radius 2 is 1.92 bits per heavy atom. The smallest absolute Gasteiger partial charge is 0.305 e. The van der Waals surface area contributed by atoms with E-state index in [1.165, 1.54) is 0 Å². The highest BCUT2D eigenvalue weighted by Gasteiger charge is 2.25. The van der Waals surface area contributed by atoms with Crippen LogP contribution in [0.1, 0.15) is 37.8 Å². The number of aromatic nitrogens is 1. The molecule has 0 aliphatic carbocycles. The monoisotopic (exact) mass is 548 g/mol. The van der Waals surface area contributed by atoms with Gasteiger partial charge in [0.15, 0.2) is 0 Å². The van der Waals surface area contributed by atoms with Crippen LogP contribution in [0, 0.1) is 5.41 Å². The standard InChI is InChI=1S/C27H37ClN4O4S/c1-27(2,17-33)16-32(23(35)15-21(29)9-5-18-3-7-20(28)8-4-18)14-13-30-12-11-19-6-10-22(34)24-25(19)37-26(36)31-24/h3-4,6-8,10,21,30,33-34H,5,9,11-17,29H2,1-2H3,(H,31,36). The molecule has 1 aromatic heterocycles. The zero-order valence-corrected chi connectivity index (χ0v) is 23.0. The Hall–Kier alpha value is -2.43. The largest absolute Gasteiger partial charge is 0.506 e. The Bertz CT molecular complexity index is 1230. The maximum atomic E-state index is 13.1. The summed E-state index contributed by atoms with van der Waals surface area (Å²) in [5, 5.41) is 23.8. The number of aryl methyl sites for hydroxylation is 1. The van der Waals surface area contributed by atoms with E-state index in [-0.39, 0.29) is 35.6 Å². The maximum absolute atomic E-state index is 13.1. The molecule has 0 aliphatic heterocycles. The summed E-state index contributed by atoms with van der Waals surface area (Å²) >= 11 is 7.04. The molecule has 37 heavy (non-hydrogen) atoms. The Morgan fingerprint density at radius 3 is 2.62 bits per heavy atom. The van der Waals surface area contributed by atoms with Gasteiger partial charge in [0.1, 0.15) is 11.3 Å². The first-order valence-electron chi connectivity index (χ1n) is 12.5. The van der Waals surface area contributed by atoms with Crippen LogP contribution in [0.4, 0.5) is 0 Å². The molecule has 1 unspecified atom stereocenters. The van der Waals surface area contributed by atoms with Gasteiger partial charge in [0.25, 0.3) is 0 Å². The number of halogens is 1. The van der Waals surface area contributed by atoms with E-state index in [0.717, 1.165) is 33.6 Å². The Balaban J connectivity index is 1.50. The minimum absolute atomic E-state index is 0.0238. The lowest BCUT2D eigenvalue weighted by molar-refractivity contribution is -0.133. The van der Waals surface area contributed by atoms with E-state index in [2.05, 4.69) is 10.3 Å². The van der Waals surface area contributed by atoms with E-state index >= 15 is 0 Å². The van der Waals surface area contributed by atoms with Crippen molar-refractivity contribution < 1.29 is 15.0 Å². The summed E-state index contributed by atoms with van der Waals surface area (Å²) in [5.74, 6) is 0.0429. The predicted molar refractivity (Wildman–Crippen MR) is 150 cm³/mol. The number of nitrogens with one attached hydrogen (secondary N) is 2. The number of carbonyl (C=O) groups is 1. The fourth-order valence-corrected chi connectivity index (χ4v) is 5.17. The zero-order valence-electron chi connectivity index (χ0n) is 21.4. The number of hydrogen-bond acceptors (Lipinski definition) is 7. The number of benzene rings is 2. The third-order valence-electron chi connectivity index (χ3n) is 6.32. The van der Waals surface area contributed by atoms with Crippen molar-refractivity contribution in [3.05, 3.63) is 62.2 Å². The average molecular weight is 549 g/mol. The molecule has 0 spiro atoms. The lowest BCUT2D eigenvalue weighted by Crippen LogP contribution is -2.45. The van der Waals surface area contributed by atoms with E-state index in [1.54, 1.807) is 11.0 Å². The highest BCUT2D eigenvalue weighted by atomic mass is 35.5. The van der Waals surface area contributed by atoms with Gasteiger partial charge in [-0.15, -0.1) is 0 Å². The van der Waals surface area contributed by atoms with E-state index in [0.29, 0.717) is 49.6 Å². The first-order valence-corrected chi connectivity index (χ1v) is 13.7. The number of phenols is 1. The summed E-state index contributed by atoms with van der Waals surface area (Å²) in [5.41, 5.74) is 8.46. The van der Waals surface area contributed by atoms with Crippen molar-refractivity contribution in [2.75, 3.05) is 32.8 Å². The van der Waals surface area contributed by atoms with Crippen LogP contribution in [0.3, 0.4) is 0 Å². The second-order valence-corrected chi connectivity index (χ2v) is 11.6. The number of aliphatic hydroxyl groups excluding tert-OH is 1. The number of nitrogens with two attached hydrogens (primary N) is 1. The molecule has 1 heterocycles. The molecule has 3 rings (SSSR count). The minimum atomic E-state index is -0.424. The molecule has 2 aromatic carbocycles. The van der Waals surface area contributed by atoms with Crippen LogP contribution in [0.15, 0.2) is 41.2 Å². The van der Waals surface area contributed by atoms with Crippen LogP contribution in [0.25, 0.3) is 10.2 Å². The molecule has 0 saturated carbocycles. The molecule has 10 heteroatoms. The normalized spacial score (nSPS) is 12.7. The quantitative estimate of drug-likeness (QED) is 0.196. The molecule has 0 fully saturated rings. The van der Waals surface area contributed by atoms with Crippen LogP contribution in [0.5, 0.6) is 5.75 Å². The van der Waals surface area contributed by atoms with Crippen molar-refractivity contribution in [3.8, 4) is 5.75 Å². The minimum Gasteiger partial charge on any atom is -0.506 e. The van der Waals surface area contributed by atoms with Gasteiger partial charge in [-0.25, -0.2) is 0 Å². The first-order chi connectivity index (χ1) is 17.6. The topological polar surface area (TPSA) is 132 Å². The van der Waals surface area contributed by atoms with Gasteiger partial charge in [0, 0.05) is 49.1 Å². The predicted octanol–water partition coefficient (Wildman–Crippen LogP) is 3.28. The number of hydrogen-bond donors (Lipinski definition) is 5. The zero-order chi connectivity index (χ0) is 27.0. The Morgan fingerprint density at radius 1 is 1.19 bits per heavy atom. The molecule has 0 aliphatic rings. The van der Waals surface area contributed by atoms with E-state index in [4.69, 9.17) is 17.3 Å². The number of nitrogens with zero attached hydrogens (tertiary/aromatic N) is 1. The molecule has 3 aromatic rings. The number of fused-ring (bicyclic) bond motifs is 1. The number of amides is 1. The van der Waals surface area contributed by atoms with E-state index < -0.39 is 5.41 Å². The molecule has 0 bridgehead atoms. The summed E-state index contributed by atoms with van der Waals surface area (Å²) in [7, 11) is 0. The van der Waals surface area contributed by atoms with E-state index in [9.17, 15) is 19.8 Å². The third-order valence-corrected chi connectivity index (χ3v) is 7.53. The maximum Gasteiger partial charge on any atom is 0.305 e. The molecule has 1 atom stereocenters. The second kappa shape index (κ2) is 13.4. The summed E-state index contributed by atoms with van der Waals surface area (Å²) in [6.45, 7) is 6.00. The van der Waals surface area contributed by atoms with Gasteiger partial charge in [-0.1, -0.05) is 55.0 Å². The molecule has 0 radical (unpaired) electrons. The van der Waals surface area contributed by atoms with E-state index in [1.807, 2.05) is 44.2 Å². The molecule has 202 valence electrons. The fraction of sp³-hybridized carbons (Fsp3) is 0.481. The third kappa shape index (κ3) is 8.83. The number of phenolic OH excluding ortho intramolecular Hbond substituents is 1. The number of aromatic hydroxyl groups is 1. The second-order valence-electron chi connectivity index (χ2n) is 10.2. The SMILES string of the molecule is CC(C)(CO)CN(CCNCCc1ccc(O)c2[nH]c(=O)sc12)C(=O)CC(N)CCc1ccc(Cl)cc1. The van der Waals surface area contributed by atoms with Gasteiger partial charge in [0.05, 0.1) is 4.70 Å². The number of thiazole rings is 1. The van der Waals surface area contributed by atoms with Crippen LogP contribution in [0.2, 0.25) is 5.02 Å². The summed E-state index contributed by atoms with van der Waals surface area (Å²) in [6.07, 6.45) is 2.38. The van der Waals surface area contributed by atoms with Gasteiger partial charge >= 0.3 is 4.87 Å². The molecular weight excluding hydrogens is 512 g/mol. The van der Waals surface area contributed by atoms with Crippen LogP contribution in [-0.2, 0) is 17.6 Å². The molecular formula is C27H37ClN4O4S. The average Bonchev–Trinajstić information content (AvgIpc) is 3.26. The number of aromatic amines is 1.